The van der Waals surface area contributed by atoms with Crippen LogP contribution in [-0.2, 0) is 14.3 Å². The first-order valence-corrected chi connectivity index (χ1v) is 8.71. The second-order valence-electron chi connectivity index (χ2n) is 5.78. The van der Waals surface area contributed by atoms with Gasteiger partial charge in [0.05, 0.1) is 19.1 Å². The molecule has 0 aromatic carbocycles. The van der Waals surface area contributed by atoms with Gasteiger partial charge in [-0.1, -0.05) is 29.9 Å². The molecule has 1 aliphatic heterocycles. The summed E-state index contributed by atoms with van der Waals surface area (Å²) in [5.41, 5.74) is 7.14. The highest BCUT2D eigenvalue weighted by molar-refractivity contribution is 8.03. The molecule has 2 aliphatic rings. The van der Waals surface area contributed by atoms with Crippen molar-refractivity contribution in [3.63, 3.8) is 0 Å². The summed E-state index contributed by atoms with van der Waals surface area (Å²) in [6.45, 7) is 2.59. The molecule has 1 heterocycles. The highest BCUT2D eigenvalue weighted by atomic mass is 32.2. The molecule has 3 atom stereocenters. The third kappa shape index (κ3) is 4.97. The van der Waals surface area contributed by atoms with E-state index >= 15 is 0 Å². The van der Waals surface area contributed by atoms with E-state index in [1.807, 2.05) is 25.2 Å². The normalized spacial score (nSPS) is 24.7. The van der Waals surface area contributed by atoms with Gasteiger partial charge >= 0.3 is 5.97 Å². The van der Waals surface area contributed by atoms with Crippen LogP contribution < -0.4 is 11.1 Å². The number of methoxy groups -OCH3 is 1. The maximum atomic E-state index is 12.1. The van der Waals surface area contributed by atoms with Gasteiger partial charge in [0, 0.05) is 11.8 Å². The summed E-state index contributed by atoms with van der Waals surface area (Å²) in [5, 5.41) is 3.04. The maximum absolute atomic E-state index is 12.1. The molecule has 0 aromatic rings. The number of carbonyl (C=O) groups excluding carboxylic acids is 2. The SMILES string of the molecule is COC(=O)C1C=CC(CCNC(=O)C(N)C2CC=C(C)S2)=CC1. The van der Waals surface area contributed by atoms with E-state index in [2.05, 4.69) is 11.4 Å². The van der Waals surface area contributed by atoms with Crippen LogP contribution >= 0.6 is 11.8 Å². The number of esters is 1. The standard InChI is InChI=1S/C17H24N2O3S/c1-11-3-8-14(23-11)15(18)16(20)19-10-9-12-4-6-13(7-5-12)17(21)22-2/h3-6,13-15H,7-10,18H2,1-2H3,(H,19,20). The number of ether oxygens (including phenoxy) is 1. The number of rotatable bonds is 6. The molecule has 0 saturated carbocycles. The molecule has 3 N–H and O–H groups in total. The van der Waals surface area contributed by atoms with Crippen LogP contribution in [0.5, 0.6) is 0 Å². The fraction of sp³-hybridized carbons (Fsp3) is 0.529. The largest absolute Gasteiger partial charge is 0.469 e. The monoisotopic (exact) mass is 336 g/mol. The van der Waals surface area contributed by atoms with E-state index in [9.17, 15) is 9.59 Å². The average Bonchev–Trinajstić information content (AvgIpc) is 3.00. The minimum Gasteiger partial charge on any atom is -0.469 e. The van der Waals surface area contributed by atoms with Gasteiger partial charge < -0.3 is 15.8 Å². The fourth-order valence-corrected chi connectivity index (χ4v) is 3.76. The van der Waals surface area contributed by atoms with Gasteiger partial charge in [-0.25, -0.2) is 0 Å². The van der Waals surface area contributed by atoms with E-state index in [-0.39, 0.29) is 23.0 Å². The Morgan fingerprint density at radius 1 is 1.43 bits per heavy atom. The molecule has 5 nitrogen and oxygen atoms in total. The molecule has 0 bridgehead atoms. The molecule has 0 fully saturated rings. The number of carbonyl (C=O) groups is 2. The third-order valence-corrected chi connectivity index (χ3v) is 5.40. The number of allylic oxidation sites excluding steroid dienone is 4. The molecule has 0 aromatic heterocycles. The van der Waals surface area contributed by atoms with Crippen molar-refractivity contribution in [2.24, 2.45) is 11.7 Å². The molecule has 1 amide bonds. The Morgan fingerprint density at radius 2 is 2.22 bits per heavy atom. The van der Waals surface area contributed by atoms with E-state index in [0.29, 0.717) is 13.0 Å². The van der Waals surface area contributed by atoms with Crippen LogP contribution in [0.1, 0.15) is 26.2 Å². The van der Waals surface area contributed by atoms with Crippen LogP contribution in [0.2, 0.25) is 0 Å². The Hall–Kier alpha value is -1.53. The van der Waals surface area contributed by atoms with E-state index in [4.69, 9.17) is 10.5 Å². The van der Waals surface area contributed by atoms with Crippen LogP contribution in [-0.4, -0.2) is 36.8 Å². The van der Waals surface area contributed by atoms with Gasteiger partial charge in [-0.05, 0) is 31.1 Å². The zero-order chi connectivity index (χ0) is 16.8. The van der Waals surface area contributed by atoms with Crippen molar-refractivity contribution >= 4 is 23.6 Å². The summed E-state index contributed by atoms with van der Waals surface area (Å²) < 4.78 is 4.72. The minimum atomic E-state index is -0.478. The van der Waals surface area contributed by atoms with Crippen molar-refractivity contribution in [1.29, 1.82) is 0 Å². The first-order valence-electron chi connectivity index (χ1n) is 7.83. The van der Waals surface area contributed by atoms with E-state index in [1.165, 1.54) is 12.0 Å². The molecule has 0 spiro atoms. The molecule has 126 valence electrons. The Kier molecular flexibility index (Phi) is 6.47. The summed E-state index contributed by atoms with van der Waals surface area (Å²) in [4.78, 5) is 24.7. The molecule has 0 saturated heterocycles. The lowest BCUT2D eigenvalue weighted by atomic mass is 9.95. The van der Waals surface area contributed by atoms with Crippen molar-refractivity contribution in [3.8, 4) is 0 Å². The van der Waals surface area contributed by atoms with Crippen LogP contribution in [0, 0.1) is 5.92 Å². The van der Waals surface area contributed by atoms with Gasteiger partial charge in [-0.2, -0.15) is 0 Å². The summed E-state index contributed by atoms with van der Waals surface area (Å²) in [6.07, 6.45) is 10.2. The van der Waals surface area contributed by atoms with Crippen LogP contribution in [0.25, 0.3) is 0 Å². The van der Waals surface area contributed by atoms with Crippen LogP contribution in [0.15, 0.2) is 34.8 Å². The van der Waals surface area contributed by atoms with Crippen LogP contribution in [0.3, 0.4) is 0 Å². The fourth-order valence-electron chi connectivity index (χ4n) is 2.63. The van der Waals surface area contributed by atoms with Crippen LogP contribution in [0.4, 0.5) is 0 Å². The molecule has 0 radical (unpaired) electrons. The van der Waals surface area contributed by atoms with E-state index in [0.717, 1.165) is 18.4 Å². The Labute approximate surface area is 141 Å². The summed E-state index contributed by atoms with van der Waals surface area (Å²) in [6, 6.07) is -0.478. The summed E-state index contributed by atoms with van der Waals surface area (Å²) in [5.74, 6) is -0.505. The predicted octanol–water partition coefficient (Wildman–Crippen LogP) is 1.90. The quantitative estimate of drug-likeness (QED) is 0.724. The summed E-state index contributed by atoms with van der Waals surface area (Å²) >= 11 is 1.68. The highest BCUT2D eigenvalue weighted by Gasteiger charge is 2.27. The highest BCUT2D eigenvalue weighted by Crippen LogP contribution is 2.33. The van der Waals surface area contributed by atoms with Crippen molar-refractivity contribution in [3.05, 3.63) is 34.8 Å². The smallest absolute Gasteiger partial charge is 0.312 e. The Morgan fingerprint density at radius 3 is 2.78 bits per heavy atom. The molecular formula is C17H24N2O3S. The number of hydrogen-bond donors (Lipinski definition) is 2. The number of hydrogen-bond acceptors (Lipinski definition) is 5. The minimum absolute atomic E-state index is 0.0987. The second-order valence-corrected chi connectivity index (χ2v) is 7.26. The number of nitrogens with two attached hydrogens (primary N) is 1. The van der Waals surface area contributed by atoms with E-state index in [1.54, 1.807) is 11.8 Å². The molecule has 23 heavy (non-hydrogen) atoms. The lowest BCUT2D eigenvalue weighted by Crippen LogP contribution is -2.46. The maximum Gasteiger partial charge on any atom is 0.312 e. The van der Waals surface area contributed by atoms with Gasteiger partial charge in [0.2, 0.25) is 5.91 Å². The van der Waals surface area contributed by atoms with Gasteiger partial charge in [0.1, 0.15) is 0 Å². The third-order valence-electron chi connectivity index (χ3n) is 4.07. The topological polar surface area (TPSA) is 81.4 Å². The first kappa shape index (κ1) is 17.8. The predicted molar refractivity (Wildman–Crippen MR) is 92.7 cm³/mol. The average molecular weight is 336 g/mol. The summed E-state index contributed by atoms with van der Waals surface area (Å²) in [7, 11) is 1.40. The van der Waals surface area contributed by atoms with Gasteiger partial charge in [0.25, 0.3) is 0 Å². The number of amides is 1. The number of thioether (sulfide) groups is 1. The molecular weight excluding hydrogens is 312 g/mol. The zero-order valence-electron chi connectivity index (χ0n) is 13.6. The molecule has 2 rings (SSSR count). The first-order chi connectivity index (χ1) is 11.0. The lowest BCUT2D eigenvalue weighted by molar-refractivity contribution is -0.143. The lowest BCUT2D eigenvalue weighted by Gasteiger charge is -2.19. The van der Waals surface area contributed by atoms with Crippen molar-refractivity contribution in [2.75, 3.05) is 13.7 Å². The Balaban J connectivity index is 1.69. The molecule has 3 unspecified atom stereocenters. The van der Waals surface area contributed by atoms with Gasteiger partial charge in [-0.3, -0.25) is 9.59 Å². The van der Waals surface area contributed by atoms with Crippen molar-refractivity contribution in [2.45, 2.75) is 37.5 Å². The van der Waals surface area contributed by atoms with Crippen molar-refractivity contribution in [1.82, 2.24) is 5.32 Å². The van der Waals surface area contributed by atoms with Gasteiger partial charge in [-0.15, -0.1) is 11.8 Å². The second kappa shape index (κ2) is 8.36. The number of nitrogens with one attached hydrogen (secondary N) is 1. The van der Waals surface area contributed by atoms with Gasteiger partial charge in [0.15, 0.2) is 0 Å². The molecule has 1 aliphatic carbocycles. The Bertz CT molecular complexity index is 554. The molecule has 6 heteroatoms. The van der Waals surface area contributed by atoms with E-state index < -0.39 is 6.04 Å². The zero-order valence-corrected chi connectivity index (χ0v) is 14.4. The van der Waals surface area contributed by atoms with Crippen molar-refractivity contribution < 1.29 is 14.3 Å².